The third-order valence-corrected chi connectivity index (χ3v) is 4.68. The Morgan fingerprint density at radius 2 is 2.03 bits per heavy atom. The van der Waals surface area contributed by atoms with Crippen molar-refractivity contribution in [3.8, 4) is 5.75 Å². The minimum Gasteiger partial charge on any atom is -0.484 e. The monoisotopic (exact) mass is 459 g/mol. The smallest absolute Gasteiger partial charge is 0.484 e. The SMILES string of the molecule is Cc1c(OCC(F)(F)F)ccnc1COSc1nc2ccccc2n1COC(=O)OO. The van der Waals surface area contributed by atoms with E-state index in [2.05, 4.69) is 14.9 Å². The number of aromatic nitrogens is 3. The van der Waals surface area contributed by atoms with Gasteiger partial charge in [-0.2, -0.15) is 18.4 Å². The maximum absolute atomic E-state index is 12.4. The zero-order valence-corrected chi connectivity index (χ0v) is 16.8. The first-order chi connectivity index (χ1) is 14.8. The summed E-state index contributed by atoms with van der Waals surface area (Å²) in [6, 6.07) is 8.37. The van der Waals surface area contributed by atoms with Gasteiger partial charge in [-0.25, -0.2) is 9.78 Å². The van der Waals surface area contributed by atoms with Crippen LogP contribution in [0.3, 0.4) is 0 Å². The summed E-state index contributed by atoms with van der Waals surface area (Å²) in [6.07, 6.45) is -4.41. The molecule has 0 saturated heterocycles. The summed E-state index contributed by atoms with van der Waals surface area (Å²) in [6.45, 7) is -0.190. The molecular formula is C18H16F3N3O6S. The van der Waals surface area contributed by atoms with Gasteiger partial charge < -0.3 is 13.7 Å². The topological polar surface area (TPSA) is 105 Å². The van der Waals surface area contributed by atoms with Crippen LogP contribution in [0.15, 0.2) is 41.7 Å². The number of carbonyl (C=O) groups is 1. The number of para-hydroxylation sites is 2. The fourth-order valence-corrected chi connectivity index (χ4v) is 3.20. The third kappa shape index (κ3) is 5.99. The van der Waals surface area contributed by atoms with Crippen molar-refractivity contribution < 1.29 is 41.8 Å². The van der Waals surface area contributed by atoms with Gasteiger partial charge in [-0.3, -0.25) is 14.4 Å². The van der Waals surface area contributed by atoms with E-state index >= 15 is 0 Å². The van der Waals surface area contributed by atoms with Gasteiger partial charge in [0.05, 0.1) is 28.8 Å². The number of pyridine rings is 1. The molecule has 0 atom stereocenters. The largest absolute Gasteiger partial charge is 0.542 e. The Bertz CT molecular complexity index is 1060. The normalized spacial score (nSPS) is 11.5. The standard InChI is InChI=1S/C18H16F3N3O6S/c1-11-13(22-7-6-15(11)27-9-18(19,20)21)8-29-31-16-23-12-4-2-3-5-14(12)24(16)10-28-17(25)30-26/h2-7,26H,8-10H2,1H3. The first-order valence-electron chi connectivity index (χ1n) is 8.65. The number of benzene rings is 1. The maximum Gasteiger partial charge on any atom is 0.542 e. The number of halogens is 3. The molecule has 31 heavy (non-hydrogen) atoms. The fourth-order valence-electron chi connectivity index (χ4n) is 2.54. The van der Waals surface area contributed by atoms with Gasteiger partial charge in [0, 0.05) is 11.8 Å². The number of hydrogen-bond acceptors (Lipinski definition) is 9. The summed E-state index contributed by atoms with van der Waals surface area (Å²) in [7, 11) is 0. The summed E-state index contributed by atoms with van der Waals surface area (Å²) in [5.41, 5.74) is 2.03. The highest BCUT2D eigenvalue weighted by atomic mass is 32.2. The molecule has 0 aliphatic rings. The van der Waals surface area contributed by atoms with E-state index in [-0.39, 0.29) is 19.1 Å². The third-order valence-electron chi connectivity index (χ3n) is 3.98. The second kappa shape index (κ2) is 9.85. The van der Waals surface area contributed by atoms with Crippen molar-refractivity contribution in [1.82, 2.24) is 14.5 Å². The quantitative estimate of drug-likeness (QED) is 0.226. The van der Waals surface area contributed by atoms with Crippen molar-refractivity contribution in [2.24, 2.45) is 0 Å². The van der Waals surface area contributed by atoms with Gasteiger partial charge in [0.1, 0.15) is 12.4 Å². The molecule has 0 fully saturated rings. The zero-order valence-electron chi connectivity index (χ0n) is 16.0. The lowest BCUT2D eigenvalue weighted by molar-refractivity contribution is -0.204. The van der Waals surface area contributed by atoms with E-state index in [9.17, 15) is 18.0 Å². The molecular weight excluding hydrogens is 443 g/mol. The lowest BCUT2D eigenvalue weighted by atomic mass is 10.2. The van der Waals surface area contributed by atoms with Crippen LogP contribution in [0.1, 0.15) is 11.3 Å². The predicted octanol–water partition coefficient (Wildman–Crippen LogP) is 4.49. The molecule has 0 saturated carbocycles. The first-order valence-corrected chi connectivity index (χ1v) is 9.39. The van der Waals surface area contributed by atoms with E-state index in [4.69, 9.17) is 18.9 Å². The molecule has 0 spiro atoms. The molecule has 9 nitrogen and oxygen atoms in total. The molecule has 1 N–H and O–H groups in total. The Labute approximate surface area is 177 Å². The molecule has 0 bridgehead atoms. The number of nitrogens with zero attached hydrogens (tertiary/aromatic N) is 3. The van der Waals surface area contributed by atoms with Crippen molar-refractivity contribution in [1.29, 1.82) is 0 Å². The van der Waals surface area contributed by atoms with Gasteiger partial charge in [0.15, 0.2) is 18.5 Å². The Morgan fingerprint density at radius 3 is 2.77 bits per heavy atom. The number of imidazole rings is 1. The molecule has 2 aromatic heterocycles. The molecule has 0 unspecified atom stereocenters. The van der Waals surface area contributed by atoms with Gasteiger partial charge >= 0.3 is 12.3 Å². The number of carbonyl (C=O) groups excluding carboxylic acids is 1. The predicted molar refractivity (Wildman–Crippen MR) is 101 cm³/mol. The van der Waals surface area contributed by atoms with Gasteiger partial charge in [0.2, 0.25) is 0 Å². The van der Waals surface area contributed by atoms with Gasteiger partial charge in [0.25, 0.3) is 0 Å². The Balaban J connectivity index is 1.70. The minimum atomic E-state index is -4.45. The number of rotatable bonds is 8. The van der Waals surface area contributed by atoms with Crippen molar-refractivity contribution in [3.05, 3.63) is 47.8 Å². The summed E-state index contributed by atoms with van der Waals surface area (Å²) in [5.74, 6) is 0.0547. The highest BCUT2D eigenvalue weighted by Crippen LogP contribution is 2.28. The van der Waals surface area contributed by atoms with Crippen LogP contribution < -0.4 is 4.74 Å². The first kappa shape index (κ1) is 22.7. The molecule has 1 aromatic carbocycles. The number of fused-ring (bicyclic) bond motifs is 1. The van der Waals surface area contributed by atoms with Crippen LogP contribution in [0.4, 0.5) is 18.0 Å². The van der Waals surface area contributed by atoms with Crippen molar-refractivity contribution >= 4 is 29.2 Å². The molecule has 0 aliphatic heterocycles. The van der Waals surface area contributed by atoms with Gasteiger partial charge in [-0.05, 0) is 25.1 Å². The lowest BCUT2D eigenvalue weighted by Crippen LogP contribution is -2.19. The van der Waals surface area contributed by atoms with Crippen LogP contribution in [0.2, 0.25) is 0 Å². The van der Waals surface area contributed by atoms with Crippen molar-refractivity contribution in [2.75, 3.05) is 6.61 Å². The molecule has 0 radical (unpaired) electrons. The number of ether oxygens (including phenoxy) is 2. The molecule has 166 valence electrons. The molecule has 3 aromatic rings. The van der Waals surface area contributed by atoms with Crippen LogP contribution in [0, 0.1) is 6.92 Å². The molecule has 2 heterocycles. The highest BCUT2D eigenvalue weighted by molar-refractivity contribution is 7.94. The van der Waals surface area contributed by atoms with Crippen molar-refractivity contribution in [2.45, 2.75) is 31.6 Å². The lowest BCUT2D eigenvalue weighted by Gasteiger charge is -2.13. The van der Waals surface area contributed by atoms with E-state index in [0.29, 0.717) is 27.4 Å². The van der Waals surface area contributed by atoms with E-state index in [1.54, 1.807) is 31.2 Å². The second-order valence-corrected chi connectivity index (χ2v) is 6.82. The molecule has 0 amide bonds. The molecule has 13 heteroatoms. The number of alkyl halides is 3. The van der Waals surface area contributed by atoms with Crippen LogP contribution in [-0.4, -0.2) is 38.7 Å². The van der Waals surface area contributed by atoms with Crippen molar-refractivity contribution in [3.63, 3.8) is 0 Å². The summed E-state index contributed by atoms with van der Waals surface area (Å²) < 4.78 is 53.8. The molecule has 0 aliphatic carbocycles. The van der Waals surface area contributed by atoms with Gasteiger partial charge in [-0.1, -0.05) is 12.1 Å². The Morgan fingerprint density at radius 1 is 1.26 bits per heavy atom. The van der Waals surface area contributed by atoms with Crippen LogP contribution >= 0.6 is 12.0 Å². The highest BCUT2D eigenvalue weighted by Gasteiger charge is 2.28. The average Bonchev–Trinajstić information content (AvgIpc) is 3.09. The van der Waals surface area contributed by atoms with Gasteiger partial charge in [-0.15, -0.1) is 0 Å². The van der Waals surface area contributed by atoms with E-state index < -0.39 is 18.9 Å². The Kier molecular flexibility index (Phi) is 7.20. The summed E-state index contributed by atoms with van der Waals surface area (Å²) in [5, 5.41) is 8.66. The zero-order chi connectivity index (χ0) is 22.4. The van der Waals surface area contributed by atoms with E-state index in [0.717, 1.165) is 12.0 Å². The fraction of sp³-hybridized carbons (Fsp3) is 0.278. The summed E-state index contributed by atoms with van der Waals surface area (Å²) in [4.78, 5) is 23.1. The maximum atomic E-state index is 12.4. The summed E-state index contributed by atoms with van der Waals surface area (Å²) >= 11 is 0.855. The Hall–Kier alpha value is -3.03. The van der Waals surface area contributed by atoms with E-state index in [1.807, 2.05) is 0 Å². The minimum absolute atomic E-state index is 0.0531. The van der Waals surface area contributed by atoms with Crippen LogP contribution in [0.25, 0.3) is 11.0 Å². The van der Waals surface area contributed by atoms with Crippen LogP contribution in [0.5, 0.6) is 5.75 Å². The second-order valence-electron chi connectivity index (χ2n) is 6.06. The van der Waals surface area contributed by atoms with E-state index in [1.165, 1.54) is 16.8 Å². The average molecular weight is 459 g/mol. The molecule has 3 rings (SSSR count). The number of hydrogen-bond donors (Lipinski definition) is 1. The van der Waals surface area contributed by atoms with Crippen LogP contribution in [-0.2, 0) is 27.1 Å².